The van der Waals surface area contributed by atoms with E-state index in [9.17, 15) is 4.39 Å². The topological polar surface area (TPSA) is 26.0 Å². The third-order valence-corrected chi connectivity index (χ3v) is 3.48. The minimum Gasteiger partial charge on any atom is -0.321 e. The lowest BCUT2D eigenvalue weighted by Crippen LogP contribution is -2.35. The molecule has 0 heterocycles. The second kappa shape index (κ2) is 5.32. The maximum atomic E-state index is 13.8. The minimum atomic E-state index is -0.627. The largest absolute Gasteiger partial charge is 0.321 e. The van der Waals surface area contributed by atoms with Gasteiger partial charge in [-0.1, -0.05) is 41.4 Å². The molecule has 0 fully saturated rings. The average molecular weight is 278 g/mol. The Hall–Kier alpha value is -1.38. The van der Waals surface area contributed by atoms with Crippen LogP contribution in [0.4, 0.5) is 4.39 Å². The first-order valence-corrected chi connectivity index (χ1v) is 6.56. The molecule has 0 radical (unpaired) electrons. The van der Waals surface area contributed by atoms with E-state index < -0.39 is 5.54 Å². The van der Waals surface area contributed by atoms with Crippen molar-refractivity contribution in [3.8, 4) is 0 Å². The highest BCUT2D eigenvalue weighted by molar-refractivity contribution is 6.30. The van der Waals surface area contributed by atoms with Gasteiger partial charge in [-0.3, -0.25) is 0 Å². The van der Waals surface area contributed by atoms with Gasteiger partial charge in [-0.25, -0.2) is 4.39 Å². The smallest absolute Gasteiger partial charge is 0.126 e. The predicted molar refractivity (Wildman–Crippen MR) is 77.8 cm³/mol. The molecule has 0 bridgehead atoms. The molecule has 0 aromatic heterocycles. The summed E-state index contributed by atoms with van der Waals surface area (Å²) in [4.78, 5) is 0. The Kier molecular flexibility index (Phi) is 3.93. The summed E-state index contributed by atoms with van der Waals surface area (Å²) < 4.78 is 13.8. The van der Waals surface area contributed by atoms with Crippen molar-refractivity contribution in [1.82, 2.24) is 0 Å². The molecular formula is C16H17ClFN. The monoisotopic (exact) mass is 277 g/mol. The van der Waals surface area contributed by atoms with Crippen LogP contribution >= 0.6 is 11.6 Å². The molecule has 1 nitrogen and oxygen atoms in total. The predicted octanol–water partition coefficient (Wildman–Crippen LogP) is 4.20. The van der Waals surface area contributed by atoms with Crippen LogP contribution in [0.15, 0.2) is 42.5 Å². The molecule has 1 unspecified atom stereocenters. The minimum absolute atomic E-state index is 0.270. The van der Waals surface area contributed by atoms with Gasteiger partial charge in [0.1, 0.15) is 5.82 Å². The average Bonchev–Trinajstić information content (AvgIpc) is 2.33. The van der Waals surface area contributed by atoms with Gasteiger partial charge in [-0.05, 0) is 49.6 Å². The molecule has 2 rings (SSSR count). The van der Waals surface area contributed by atoms with Gasteiger partial charge in [0.25, 0.3) is 0 Å². The molecule has 2 N–H and O–H groups in total. The summed E-state index contributed by atoms with van der Waals surface area (Å²) in [6.07, 6.45) is 0.406. The zero-order valence-electron chi connectivity index (χ0n) is 11.1. The summed E-state index contributed by atoms with van der Waals surface area (Å²) in [5.74, 6) is -0.270. The Labute approximate surface area is 118 Å². The van der Waals surface area contributed by atoms with Crippen molar-refractivity contribution in [3.05, 3.63) is 70.0 Å². The first kappa shape index (κ1) is 14.0. The molecule has 0 saturated heterocycles. The van der Waals surface area contributed by atoms with Crippen molar-refractivity contribution in [2.45, 2.75) is 25.8 Å². The number of halogens is 2. The lowest BCUT2D eigenvalue weighted by molar-refractivity contribution is 0.475. The highest BCUT2D eigenvalue weighted by atomic mass is 35.5. The molecule has 0 amide bonds. The molecule has 1 atom stereocenters. The van der Waals surface area contributed by atoms with Crippen LogP contribution in [0.1, 0.15) is 23.6 Å². The maximum absolute atomic E-state index is 13.8. The molecule has 0 aliphatic rings. The van der Waals surface area contributed by atoms with Gasteiger partial charge in [0.15, 0.2) is 0 Å². The van der Waals surface area contributed by atoms with E-state index in [1.165, 1.54) is 6.07 Å². The normalized spacial score (nSPS) is 14.2. The van der Waals surface area contributed by atoms with Gasteiger partial charge in [-0.15, -0.1) is 0 Å². The van der Waals surface area contributed by atoms with Crippen molar-refractivity contribution in [3.63, 3.8) is 0 Å². The number of aryl methyl sites for hydroxylation is 1. The third kappa shape index (κ3) is 3.34. The lowest BCUT2D eigenvalue weighted by atomic mass is 9.86. The molecule has 19 heavy (non-hydrogen) atoms. The molecule has 100 valence electrons. The Morgan fingerprint density at radius 3 is 2.63 bits per heavy atom. The van der Waals surface area contributed by atoms with Crippen LogP contribution in [-0.2, 0) is 12.0 Å². The molecular weight excluding hydrogens is 261 g/mol. The highest BCUT2D eigenvalue weighted by Gasteiger charge is 2.23. The Bertz CT molecular complexity index is 593. The fraction of sp³-hybridized carbons (Fsp3) is 0.250. The second-order valence-corrected chi connectivity index (χ2v) is 5.64. The van der Waals surface area contributed by atoms with Crippen LogP contribution in [0.5, 0.6) is 0 Å². The first-order chi connectivity index (χ1) is 8.88. The van der Waals surface area contributed by atoms with E-state index in [1.54, 1.807) is 12.1 Å². The van der Waals surface area contributed by atoms with E-state index in [1.807, 2.05) is 38.1 Å². The Balaban J connectivity index is 2.33. The number of rotatable bonds is 3. The van der Waals surface area contributed by atoms with Gasteiger partial charge < -0.3 is 5.73 Å². The Morgan fingerprint density at radius 2 is 1.95 bits per heavy atom. The summed E-state index contributed by atoms with van der Waals surface area (Å²) in [6.45, 7) is 3.92. The van der Waals surface area contributed by atoms with Gasteiger partial charge in [0.2, 0.25) is 0 Å². The standard InChI is InChI=1S/C16H17ClFN/c1-11-4-3-5-13(8-11)16(2,19)10-12-9-14(17)6-7-15(12)18/h3-9H,10,19H2,1-2H3. The molecule has 0 saturated carbocycles. The van der Waals surface area contributed by atoms with Crippen LogP contribution in [0, 0.1) is 12.7 Å². The molecule has 0 aliphatic carbocycles. The van der Waals surface area contributed by atoms with E-state index >= 15 is 0 Å². The first-order valence-electron chi connectivity index (χ1n) is 6.18. The van der Waals surface area contributed by atoms with Crippen LogP contribution in [0.3, 0.4) is 0 Å². The van der Waals surface area contributed by atoms with E-state index in [0.29, 0.717) is 17.0 Å². The van der Waals surface area contributed by atoms with Crippen molar-refractivity contribution < 1.29 is 4.39 Å². The van der Waals surface area contributed by atoms with Gasteiger partial charge in [0, 0.05) is 10.6 Å². The summed E-state index contributed by atoms with van der Waals surface area (Å²) in [5, 5.41) is 0.524. The van der Waals surface area contributed by atoms with Gasteiger partial charge in [0.05, 0.1) is 0 Å². The fourth-order valence-corrected chi connectivity index (χ4v) is 2.37. The van der Waals surface area contributed by atoms with Gasteiger partial charge in [-0.2, -0.15) is 0 Å². The Morgan fingerprint density at radius 1 is 1.21 bits per heavy atom. The van der Waals surface area contributed by atoms with Crippen LogP contribution in [0.25, 0.3) is 0 Å². The van der Waals surface area contributed by atoms with E-state index in [-0.39, 0.29) is 5.82 Å². The van der Waals surface area contributed by atoms with Crippen molar-refractivity contribution in [2.24, 2.45) is 5.73 Å². The quantitative estimate of drug-likeness (QED) is 0.894. The van der Waals surface area contributed by atoms with Crippen molar-refractivity contribution in [2.75, 3.05) is 0 Å². The number of hydrogen-bond acceptors (Lipinski definition) is 1. The summed E-state index contributed by atoms with van der Waals surface area (Å²) in [6, 6.07) is 12.5. The fourth-order valence-electron chi connectivity index (χ4n) is 2.18. The molecule has 2 aromatic rings. The highest BCUT2D eigenvalue weighted by Crippen LogP contribution is 2.26. The number of nitrogens with two attached hydrogens (primary N) is 1. The molecule has 0 aliphatic heterocycles. The molecule has 2 aromatic carbocycles. The summed E-state index contributed by atoms with van der Waals surface area (Å²) in [5.41, 5.74) is 8.39. The molecule has 0 spiro atoms. The van der Waals surface area contributed by atoms with E-state index in [2.05, 4.69) is 0 Å². The lowest BCUT2D eigenvalue weighted by Gasteiger charge is -2.26. The van der Waals surface area contributed by atoms with Crippen molar-refractivity contribution >= 4 is 11.6 Å². The van der Waals surface area contributed by atoms with E-state index in [0.717, 1.165) is 11.1 Å². The zero-order valence-corrected chi connectivity index (χ0v) is 11.8. The van der Waals surface area contributed by atoms with E-state index in [4.69, 9.17) is 17.3 Å². The summed E-state index contributed by atoms with van der Waals surface area (Å²) in [7, 11) is 0. The number of benzene rings is 2. The van der Waals surface area contributed by atoms with Crippen molar-refractivity contribution in [1.29, 1.82) is 0 Å². The van der Waals surface area contributed by atoms with Crippen LogP contribution in [-0.4, -0.2) is 0 Å². The van der Waals surface area contributed by atoms with Crippen LogP contribution < -0.4 is 5.73 Å². The zero-order chi connectivity index (χ0) is 14.0. The number of hydrogen-bond donors (Lipinski definition) is 1. The van der Waals surface area contributed by atoms with Gasteiger partial charge >= 0.3 is 0 Å². The summed E-state index contributed by atoms with van der Waals surface area (Å²) >= 11 is 5.91. The second-order valence-electron chi connectivity index (χ2n) is 5.20. The molecule has 3 heteroatoms. The maximum Gasteiger partial charge on any atom is 0.126 e. The van der Waals surface area contributed by atoms with Crippen LogP contribution in [0.2, 0.25) is 5.02 Å². The SMILES string of the molecule is Cc1cccc(C(C)(N)Cc2cc(Cl)ccc2F)c1. The third-order valence-electron chi connectivity index (χ3n) is 3.24.